The Kier molecular flexibility index (Phi) is 8.43. The Morgan fingerprint density at radius 3 is 2.26 bits per heavy atom. The summed E-state index contributed by atoms with van der Waals surface area (Å²) in [6.45, 7) is 1.25. The summed E-state index contributed by atoms with van der Waals surface area (Å²) in [5.41, 5.74) is 0.00228. The molecule has 3 aromatic rings. The average Bonchev–Trinajstić information content (AvgIpc) is 2.89. The molecule has 0 amide bonds. The number of phenols is 3. The zero-order valence-corrected chi connectivity index (χ0v) is 21.3. The number of rotatable bonds is 9. The van der Waals surface area contributed by atoms with Crippen molar-refractivity contribution < 1.29 is 50.0 Å². The Morgan fingerprint density at radius 1 is 1.00 bits per heavy atom. The van der Waals surface area contributed by atoms with E-state index in [2.05, 4.69) is 0 Å². The summed E-state index contributed by atoms with van der Waals surface area (Å²) < 4.78 is 11.6. The Bertz CT molecular complexity index is 1280. The zero-order chi connectivity index (χ0) is 28.3. The number of ether oxygens (including phenoxy) is 2. The minimum absolute atomic E-state index is 0.0315. The van der Waals surface area contributed by atoms with E-state index in [9.17, 15) is 40.5 Å². The van der Waals surface area contributed by atoms with Crippen LogP contribution in [0.15, 0.2) is 60.7 Å². The first-order chi connectivity index (χ1) is 18.5. The lowest BCUT2D eigenvalue weighted by atomic mass is 9.81. The zero-order valence-electron chi connectivity index (χ0n) is 21.3. The fourth-order valence-electron chi connectivity index (χ4n) is 4.70. The fourth-order valence-corrected chi connectivity index (χ4v) is 4.70. The first kappa shape index (κ1) is 28.3. The number of hydrogen-bond donors (Lipinski definition) is 7. The van der Waals surface area contributed by atoms with Gasteiger partial charge < -0.3 is 45.2 Å². The van der Waals surface area contributed by atoms with Crippen LogP contribution in [0.2, 0.25) is 0 Å². The number of aliphatic hydroxyl groups excluding tert-OH is 3. The van der Waals surface area contributed by atoms with Crippen molar-refractivity contribution in [2.75, 3.05) is 6.61 Å². The average molecular weight is 541 g/mol. The highest BCUT2D eigenvalue weighted by Crippen LogP contribution is 2.36. The van der Waals surface area contributed by atoms with E-state index in [0.717, 1.165) is 28.8 Å². The molecule has 5 unspecified atom stereocenters. The summed E-state index contributed by atoms with van der Waals surface area (Å²) in [6.07, 6.45) is -5.68. The lowest BCUT2D eigenvalue weighted by Gasteiger charge is -2.47. The minimum Gasteiger partial charge on any atom is -0.508 e. The maximum Gasteiger partial charge on any atom is 0.232 e. The third-order valence-corrected chi connectivity index (χ3v) is 7.01. The molecule has 1 aliphatic rings. The Balaban J connectivity index is 1.48. The highest BCUT2D eigenvalue weighted by molar-refractivity contribution is 6.01. The Hall–Kier alpha value is -3.67. The van der Waals surface area contributed by atoms with Crippen molar-refractivity contribution in [3.63, 3.8) is 0 Å². The lowest BCUT2D eigenvalue weighted by molar-refractivity contribution is -0.320. The number of aryl methyl sites for hydroxylation is 2. The largest absolute Gasteiger partial charge is 0.508 e. The van der Waals surface area contributed by atoms with Crippen molar-refractivity contribution in [3.8, 4) is 23.0 Å². The molecule has 7 N–H and O–H groups in total. The van der Waals surface area contributed by atoms with Crippen LogP contribution in [0.1, 0.15) is 33.5 Å². The van der Waals surface area contributed by atoms with Gasteiger partial charge in [0, 0.05) is 25.0 Å². The molecule has 0 spiro atoms. The number of carbonyl (C=O) groups excluding carboxylic acids is 1. The summed E-state index contributed by atoms with van der Waals surface area (Å²) in [6, 6.07) is 15.7. The van der Waals surface area contributed by atoms with Gasteiger partial charge in [-0.2, -0.15) is 0 Å². The molecule has 0 aliphatic carbocycles. The minimum atomic E-state index is -2.05. The van der Waals surface area contributed by atoms with Crippen molar-refractivity contribution in [1.29, 1.82) is 0 Å². The monoisotopic (exact) mass is 540 g/mol. The van der Waals surface area contributed by atoms with E-state index in [1.54, 1.807) is 36.4 Å². The molecule has 3 aromatic carbocycles. The highest BCUT2D eigenvalue weighted by atomic mass is 16.7. The number of hydrogen-bond acceptors (Lipinski definition) is 10. The third-order valence-electron chi connectivity index (χ3n) is 7.01. The molecular formula is C29H32O10. The highest BCUT2D eigenvalue weighted by Gasteiger charge is 2.56. The molecular weight excluding hydrogens is 508 g/mol. The molecule has 0 saturated carbocycles. The first-order valence-electron chi connectivity index (χ1n) is 12.5. The predicted molar refractivity (Wildman–Crippen MR) is 139 cm³/mol. The van der Waals surface area contributed by atoms with Crippen LogP contribution in [0.4, 0.5) is 0 Å². The summed E-state index contributed by atoms with van der Waals surface area (Å²) in [5.74, 6) is -1.63. The standard InChI is InChI=1S/C29H32O10/c1-16-4-2-3-5-18(16)14-29(37)27(36)26(35)24(15-30)39-28(29)38-20-9-6-17(7-10-20)8-11-21(32)25-22(33)12-19(31)13-23(25)34/h2-7,9-10,12-13,24,26-28,30-31,33-37H,8,11,14-15H2,1H3. The summed E-state index contributed by atoms with van der Waals surface area (Å²) in [7, 11) is 0. The molecule has 10 nitrogen and oxygen atoms in total. The van der Waals surface area contributed by atoms with Gasteiger partial charge in [0.1, 0.15) is 46.9 Å². The maximum absolute atomic E-state index is 12.5. The van der Waals surface area contributed by atoms with Crippen LogP contribution in [-0.2, 0) is 17.6 Å². The second-order valence-corrected chi connectivity index (χ2v) is 9.76. The Morgan fingerprint density at radius 2 is 1.64 bits per heavy atom. The molecule has 4 rings (SSSR count). The number of benzene rings is 3. The summed E-state index contributed by atoms with van der Waals surface area (Å²) >= 11 is 0. The van der Waals surface area contributed by atoms with Crippen LogP contribution in [0.25, 0.3) is 0 Å². The molecule has 1 saturated heterocycles. The van der Waals surface area contributed by atoms with Gasteiger partial charge in [0.25, 0.3) is 0 Å². The van der Waals surface area contributed by atoms with Crippen molar-refractivity contribution >= 4 is 5.78 Å². The molecule has 0 radical (unpaired) electrons. The molecule has 5 atom stereocenters. The molecule has 0 bridgehead atoms. The molecule has 208 valence electrons. The molecule has 0 aromatic heterocycles. The molecule has 10 heteroatoms. The molecule has 1 heterocycles. The molecule has 1 fully saturated rings. The van der Waals surface area contributed by atoms with E-state index in [-0.39, 0.29) is 36.3 Å². The van der Waals surface area contributed by atoms with Gasteiger partial charge in [-0.3, -0.25) is 4.79 Å². The van der Waals surface area contributed by atoms with E-state index < -0.39 is 54.1 Å². The van der Waals surface area contributed by atoms with Crippen molar-refractivity contribution in [2.24, 2.45) is 0 Å². The number of carbonyl (C=O) groups is 1. The van der Waals surface area contributed by atoms with Crippen LogP contribution >= 0.6 is 0 Å². The summed E-state index contributed by atoms with van der Waals surface area (Å²) in [4.78, 5) is 12.5. The topological polar surface area (TPSA) is 177 Å². The number of phenolic OH excluding ortho intramolecular Hbond substituents is 3. The quantitative estimate of drug-likeness (QED) is 0.198. The maximum atomic E-state index is 12.5. The van der Waals surface area contributed by atoms with Gasteiger partial charge >= 0.3 is 0 Å². The van der Waals surface area contributed by atoms with E-state index >= 15 is 0 Å². The molecule has 39 heavy (non-hydrogen) atoms. The number of aromatic hydroxyl groups is 3. The smallest absolute Gasteiger partial charge is 0.232 e. The van der Waals surface area contributed by atoms with Crippen LogP contribution in [0, 0.1) is 6.92 Å². The van der Waals surface area contributed by atoms with Crippen LogP contribution in [0.5, 0.6) is 23.0 Å². The van der Waals surface area contributed by atoms with E-state index in [0.29, 0.717) is 0 Å². The van der Waals surface area contributed by atoms with Gasteiger partial charge in [-0.15, -0.1) is 0 Å². The van der Waals surface area contributed by atoms with E-state index in [4.69, 9.17) is 9.47 Å². The van der Waals surface area contributed by atoms with Crippen molar-refractivity contribution in [1.82, 2.24) is 0 Å². The Labute approximate surface area is 225 Å². The van der Waals surface area contributed by atoms with E-state index in [1.165, 1.54) is 0 Å². The van der Waals surface area contributed by atoms with Crippen molar-refractivity contribution in [3.05, 3.63) is 82.9 Å². The van der Waals surface area contributed by atoms with Gasteiger partial charge in [0.15, 0.2) is 11.4 Å². The van der Waals surface area contributed by atoms with Gasteiger partial charge in [-0.05, 0) is 42.2 Å². The second kappa shape index (κ2) is 11.6. The van der Waals surface area contributed by atoms with Gasteiger partial charge in [-0.25, -0.2) is 0 Å². The van der Waals surface area contributed by atoms with E-state index in [1.807, 2.05) is 19.1 Å². The van der Waals surface area contributed by atoms with Crippen molar-refractivity contribution in [2.45, 2.75) is 56.4 Å². The third kappa shape index (κ3) is 6.00. The van der Waals surface area contributed by atoms with Crippen LogP contribution < -0.4 is 4.74 Å². The number of ketones is 1. The van der Waals surface area contributed by atoms with Crippen LogP contribution in [-0.4, -0.2) is 78.3 Å². The van der Waals surface area contributed by atoms with Gasteiger partial charge in [-0.1, -0.05) is 36.4 Å². The lowest BCUT2D eigenvalue weighted by Crippen LogP contribution is -2.69. The molecule has 1 aliphatic heterocycles. The normalized spacial score (nSPS) is 24.8. The van der Waals surface area contributed by atoms with Gasteiger partial charge in [0.05, 0.1) is 6.61 Å². The first-order valence-corrected chi connectivity index (χ1v) is 12.5. The SMILES string of the molecule is Cc1ccccc1CC1(O)C(Oc2ccc(CCC(=O)c3c(O)cc(O)cc3O)cc2)OC(CO)C(O)C1O. The fraction of sp³-hybridized carbons (Fsp3) is 0.345. The van der Waals surface area contributed by atoms with Gasteiger partial charge in [0.2, 0.25) is 6.29 Å². The summed E-state index contributed by atoms with van der Waals surface area (Å²) in [5, 5.41) is 71.8. The number of Topliss-reactive ketones (excluding diaryl/α,β-unsaturated/α-hetero) is 1. The van der Waals surface area contributed by atoms with Crippen LogP contribution in [0.3, 0.4) is 0 Å². The number of aliphatic hydroxyl groups is 4. The second-order valence-electron chi connectivity index (χ2n) is 9.76. The predicted octanol–water partition coefficient (Wildman–Crippen LogP) is 1.72.